The summed E-state index contributed by atoms with van der Waals surface area (Å²) in [6, 6.07) is 0. The molecule has 0 spiro atoms. The maximum absolute atomic E-state index is 6.04. The third-order valence-electron chi connectivity index (χ3n) is 2.05. The highest BCUT2D eigenvalue weighted by atomic mass is 32.1. The van der Waals surface area contributed by atoms with Gasteiger partial charge in [0.05, 0.1) is 5.01 Å². The largest absolute Gasteiger partial charge is 0.325 e. The van der Waals surface area contributed by atoms with Crippen LogP contribution in [0.3, 0.4) is 0 Å². The van der Waals surface area contributed by atoms with Gasteiger partial charge in [0.15, 0.2) is 0 Å². The normalized spacial score (nSPS) is 16.0. The van der Waals surface area contributed by atoms with E-state index in [1.807, 2.05) is 13.1 Å². The number of thiazole rings is 1. The van der Waals surface area contributed by atoms with Crippen LogP contribution in [0.25, 0.3) is 0 Å². The second-order valence-corrected chi connectivity index (χ2v) is 4.85. The van der Waals surface area contributed by atoms with E-state index in [9.17, 15) is 0 Å². The van der Waals surface area contributed by atoms with Crippen molar-refractivity contribution in [3.8, 4) is 0 Å². The second kappa shape index (κ2) is 3.54. The molecule has 12 heavy (non-hydrogen) atoms. The quantitative estimate of drug-likeness (QED) is 0.781. The summed E-state index contributed by atoms with van der Waals surface area (Å²) in [5.41, 5.74) is 5.97. The number of aryl methyl sites for hydroxylation is 1. The van der Waals surface area contributed by atoms with Crippen molar-refractivity contribution in [3.63, 3.8) is 0 Å². The predicted octanol–water partition coefficient (Wildman–Crippen LogP) is 2.12. The van der Waals surface area contributed by atoms with E-state index in [1.165, 1.54) is 4.88 Å². The summed E-state index contributed by atoms with van der Waals surface area (Å²) in [6.07, 6.45) is 3.87. The van der Waals surface area contributed by atoms with Crippen molar-refractivity contribution in [3.05, 3.63) is 16.1 Å². The molecule has 1 heterocycles. The Morgan fingerprint density at radius 2 is 2.33 bits per heavy atom. The van der Waals surface area contributed by atoms with Gasteiger partial charge in [0.1, 0.15) is 0 Å². The van der Waals surface area contributed by atoms with Crippen LogP contribution in [0.1, 0.15) is 30.2 Å². The Morgan fingerprint density at radius 1 is 1.67 bits per heavy atom. The first-order valence-electron chi connectivity index (χ1n) is 4.24. The van der Waals surface area contributed by atoms with Gasteiger partial charge in [-0.1, -0.05) is 6.92 Å². The van der Waals surface area contributed by atoms with E-state index in [0.717, 1.165) is 17.8 Å². The number of nitrogens with zero attached hydrogens (tertiary/aromatic N) is 1. The molecule has 2 nitrogen and oxygen atoms in total. The fourth-order valence-electron chi connectivity index (χ4n) is 1.01. The van der Waals surface area contributed by atoms with E-state index in [-0.39, 0.29) is 5.54 Å². The first kappa shape index (κ1) is 9.68. The topological polar surface area (TPSA) is 38.9 Å². The first-order chi connectivity index (χ1) is 5.53. The minimum Gasteiger partial charge on any atom is -0.325 e. The third-order valence-corrected chi connectivity index (χ3v) is 2.97. The lowest BCUT2D eigenvalue weighted by Crippen LogP contribution is -2.37. The zero-order valence-corrected chi connectivity index (χ0v) is 8.74. The summed E-state index contributed by atoms with van der Waals surface area (Å²) in [5.74, 6) is 0. The van der Waals surface area contributed by atoms with Crippen molar-refractivity contribution in [2.24, 2.45) is 5.73 Å². The van der Waals surface area contributed by atoms with E-state index in [2.05, 4.69) is 18.8 Å². The van der Waals surface area contributed by atoms with Crippen LogP contribution in [-0.4, -0.2) is 10.5 Å². The Morgan fingerprint density at radius 3 is 2.75 bits per heavy atom. The summed E-state index contributed by atoms with van der Waals surface area (Å²) in [6.45, 7) is 6.23. The molecule has 1 aromatic heterocycles. The van der Waals surface area contributed by atoms with E-state index < -0.39 is 0 Å². The molecule has 3 heteroatoms. The molecule has 0 saturated carbocycles. The Labute approximate surface area is 77.8 Å². The minimum atomic E-state index is -0.0705. The SMILES string of the molecule is CCC(C)(N)Cc1cnc(C)s1. The zero-order chi connectivity index (χ0) is 9.19. The molecule has 1 aromatic rings. The van der Waals surface area contributed by atoms with Gasteiger partial charge in [-0.25, -0.2) is 4.98 Å². The maximum Gasteiger partial charge on any atom is 0.0896 e. The fourth-order valence-corrected chi connectivity index (χ4v) is 2.00. The highest BCUT2D eigenvalue weighted by Gasteiger charge is 2.17. The molecule has 0 saturated heterocycles. The molecule has 0 aromatic carbocycles. The van der Waals surface area contributed by atoms with Crippen molar-refractivity contribution >= 4 is 11.3 Å². The Balaban J connectivity index is 2.63. The van der Waals surface area contributed by atoms with Gasteiger partial charge in [-0.3, -0.25) is 0 Å². The molecule has 0 aliphatic heterocycles. The highest BCUT2D eigenvalue weighted by molar-refractivity contribution is 7.11. The number of hydrogen-bond acceptors (Lipinski definition) is 3. The first-order valence-corrected chi connectivity index (χ1v) is 5.05. The molecule has 2 N–H and O–H groups in total. The van der Waals surface area contributed by atoms with Gasteiger partial charge >= 0.3 is 0 Å². The molecule has 0 aliphatic rings. The van der Waals surface area contributed by atoms with Gasteiger partial charge in [0.2, 0.25) is 0 Å². The number of hydrogen-bond donors (Lipinski definition) is 1. The van der Waals surface area contributed by atoms with Crippen molar-refractivity contribution in [2.75, 3.05) is 0 Å². The number of rotatable bonds is 3. The van der Waals surface area contributed by atoms with Crippen LogP contribution < -0.4 is 5.73 Å². The predicted molar refractivity (Wildman–Crippen MR) is 53.4 cm³/mol. The highest BCUT2D eigenvalue weighted by Crippen LogP contribution is 2.19. The van der Waals surface area contributed by atoms with Crippen LogP contribution in [-0.2, 0) is 6.42 Å². The molecular weight excluding hydrogens is 168 g/mol. The summed E-state index contributed by atoms with van der Waals surface area (Å²) in [5, 5.41) is 1.12. The fraction of sp³-hybridized carbons (Fsp3) is 0.667. The zero-order valence-electron chi connectivity index (χ0n) is 7.92. The van der Waals surface area contributed by atoms with Crippen molar-refractivity contribution in [1.82, 2.24) is 4.98 Å². The van der Waals surface area contributed by atoms with Crippen LogP contribution in [0.5, 0.6) is 0 Å². The van der Waals surface area contributed by atoms with Crippen molar-refractivity contribution in [2.45, 2.75) is 39.2 Å². The third kappa shape index (κ3) is 2.57. The average Bonchev–Trinajstić information content (AvgIpc) is 2.35. The van der Waals surface area contributed by atoms with Crippen molar-refractivity contribution < 1.29 is 0 Å². The monoisotopic (exact) mass is 184 g/mol. The van der Waals surface area contributed by atoms with Gasteiger partial charge in [-0.05, 0) is 20.3 Å². The van der Waals surface area contributed by atoms with E-state index in [1.54, 1.807) is 11.3 Å². The van der Waals surface area contributed by atoms with Crippen LogP contribution in [0.2, 0.25) is 0 Å². The van der Waals surface area contributed by atoms with Gasteiger partial charge in [-0.2, -0.15) is 0 Å². The lowest BCUT2D eigenvalue weighted by atomic mass is 9.96. The van der Waals surface area contributed by atoms with Gasteiger partial charge in [0.25, 0.3) is 0 Å². The van der Waals surface area contributed by atoms with Crippen LogP contribution >= 0.6 is 11.3 Å². The minimum absolute atomic E-state index is 0.0705. The second-order valence-electron chi connectivity index (χ2n) is 3.53. The molecule has 1 unspecified atom stereocenters. The standard InChI is InChI=1S/C9H16N2S/c1-4-9(3,10)5-8-6-11-7(2)12-8/h6H,4-5,10H2,1-3H3. The maximum atomic E-state index is 6.04. The smallest absolute Gasteiger partial charge is 0.0896 e. The summed E-state index contributed by atoms with van der Waals surface area (Å²) < 4.78 is 0. The molecule has 1 rings (SSSR count). The van der Waals surface area contributed by atoms with E-state index >= 15 is 0 Å². The number of aromatic nitrogens is 1. The Kier molecular flexibility index (Phi) is 2.85. The Bertz CT molecular complexity index is 253. The summed E-state index contributed by atoms with van der Waals surface area (Å²) >= 11 is 1.74. The molecule has 0 aliphatic carbocycles. The van der Waals surface area contributed by atoms with Gasteiger partial charge in [0, 0.05) is 23.0 Å². The summed E-state index contributed by atoms with van der Waals surface area (Å²) in [7, 11) is 0. The molecule has 68 valence electrons. The van der Waals surface area contributed by atoms with Crippen LogP contribution in [0.15, 0.2) is 6.20 Å². The van der Waals surface area contributed by atoms with E-state index in [4.69, 9.17) is 5.73 Å². The van der Waals surface area contributed by atoms with Crippen LogP contribution in [0.4, 0.5) is 0 Å². The molecular formula is C9H16N2S. The summed E-state index contributed by atoms with van der Waals surface area (Å²) in [4.78, 5) is 5.49. The number of nitrogens with two attached hydrogens (primary N) is 1. The lowest BCUT2D eigenvalue weighted by molar-refractivity contribution is 0.453. The van der Waals surface area contributed by atoms with Crippen molar-refractivity contribution in [1.29, 1.82) is 0 Å². The average molecular weight is 184 g/mol. The van der Waals surface area contributed by atoms with Gasteiger partial charge in [-0.15, -0.1) is 11.3 Å². The van der Waals surface area contributed by atoms with E-state index in [0.29, 0.717) is 0 Å². The molecule has 0 bridgehead atoms. The molecule has 1 atom stereocenters. The molecule has 0 fully saturated rings. The molecule has 0 amide bonds. The lowest BCUT2D eigenvalue weighted by Gasteiger charge is -2.21. The molecule has 0 radical (unpaired) electrons. The Hall–Kier alpha value is -0.410. The van der Waals surface area contributed by atoms with Crippen LogP contribution in [0, 0.1) is 6.92 Å². The van der Waals surface area contributed by atoms with Gasteiger partial charge < -0.3 is 5.73 Å².